The molecule has 0 aliphatic carbocycles. The van der Waals surface area contributed by atoms with E-state index < -0.39 is 0 Å². The molecule has 2 rings (SSSR count). The maximum absolute atomic E-state index is 14.4. The number of benzene rings is 1. The van der Waals surface area contributed by atoms with E-state index in [9.17, 15) is 4.39 Å². The van der Waals surface area contributed by atoms with Crippen molar-refractivity contribution < 1.29 is 4.39 Å². The average Bonchev–Trinajstić information content (AvgIpc) is 3.02. The predicted octanol–water partition coefficient (Wildman–Crippen LogP) is 4.05. The van der Waals surface area contributed by atoms with Crippen LogP contribution in [-0.4, -0.2) is 30.6 Å². The first-order valence-corrected chi connectivity index (χ1v) is 8.27. The molecule has 1 fully saturated rings. The highest BCUT2D eigenvalue weighted by Gasteiger charge is 2.43. The van der Waals surface area contributed by atoms with Gasteiger partial charge in [0.25, 0.3) is 0 Å². The number of nitrogens with zero attached hydrogens (tertiary/aromatic N) is 1. The number of likely N-dealkylation sites (tertiary alicyclic amines) is 1. The molecule has 0 spiro atoms. The molecule has 0 aromatic heterocycles. The largest absolute Gasteiger partial charge is 0.311 e. The van der Waals surface area contributed by atoms with Gasteiger partial charge in [0, 0.05) is 11.1 Å². The molecular formula is C18H29FN2. The third-order valence-electron chi connectivity index (χ3n) is 5.25. The smallest absolute Gasteiger partial charge is 0.128 e. The van der Waals surface area contributed by atoms with Crippen LogP contribution in [-0.2, 0) is 0 Å². The Kier molecular flexibility index (Phi) is 5.39. The Bertz CT molecular complexity index is 462. The van der Waals surface area contributed by atoms with E-state index in [0.717, 1.165) is 37.1 Å². The molecule has 1 aromatic carbocycles. The Hall–Kier alpha value is -0.930. The fourth-order valence-corrected chi connectivity index (χ4v) is 4.05. The summed E-state index contributed by atoms with van der Waals surface area (Å²) < 4.78 is 14.4. The molecule has 1 aliphatic rings. The van der Waals surface area contributed by atoms with E-state index >= 15 is 0 Å². The molecule has 1 aromatic rings. The highest BCUT2D eigenvalue weighted by molar-refractivity contribution is 5.30. The third-order valence-corrected chi connectivity index (χ3v) is 5.25. The lowest BCUT2D eigenvalue weighted by molar-refractivity contribution is 0.0633. The first-order chi connectivity index (χ1) is 10.1. The number of hydrogen-bond acceptors (Lipinski definition) is 2. The second-order valence-corrected chi connectivity index (χ2v) is 6.25. The lowest BCUT2D eigenvalue weighted by Crippen LogP contribution is -2.54. The number of likely N-dealkylation sites (N-methyl/N-ethyl adjacent to an activating group) is 1. The van der Waals surface area contributed by atoms with Gasteiger partial charge in [-0.15, -0.1) is 0 Å². The van der Waals surface area contributed by atoms with Crippen molar-refractivity contribution in [3.05, 3.63) is 35.1 Å². The summed E-state index contributed by atoms with van der Waals surface area (Å²) in [5.74, 6) is -0.0922. The summed E-state index contributed by atoms with van der Waals surface area (Å²) in [6.07, 6.45) is 4.58. The van der Waals surface area contributed by atoms with Gasteiger partial charge in [-0.1, -0.05) is 31.5 Å². The standard InChI is InChI=1S/C18H29FN2/c1-5-18(6-2,21-11-7-8-12-21)17(20-4)15-13-14(3)9-10-16(15)19/h9-10,13,17,20H,5-8,11-12H2,1-4H3. The van der Waals surface area contributed by atoms with Crippen LogP contribution in [0.15, 0.2) is 18.2 Å². The van der Waals surface area contributed by atoms with Gasteiger partial charge in [0.05, 0.1) is 6.04 Å². The normalized spacial score (nSPS) is 18.1. The van der Waals surface area contributed by atoms with Crippen LogP contribution in [0.1, 0.15) is 56.7 Å². The highest BCUT2D eigenvalue weighted by Crippen LogP contribution is 2.40. The number of aryl methyl sites for hydroxylation is 1. The zero-order valence-corrected chi connectivity index (χ0v) is 13.9. The topological polar surface area (TPSA) is 15.3 Å². The summed E-state index contributed by atoms with van der Waals surface area (Å²) >= 11 is 0. The average molecular weight is 292 g/mol. The zero-order chi connectivity index (χ0) is 15.5. The second-order valence-electron chi connectivity index (χ2n) is 6.25. The van der Waals surface area contributed by atoms with Gasteiger partial charge in [-0.2, -0.15) is 0 Å². The van der Waals surface area contributed by atoms with Crippen molar-refractivity contribution >= 4 is 0 Å². The Balaban J connectivity index is 2.46. The first-order valence-electron chi connectivity index (χ1n) is 8.27. The Labute approximate surface area is 128 Å². The van der Waals surface area contributed by atoms with Crippen LogP contribution in [0.4, 0.5) is 4.39 Å². The molecule has 1 N–H and O–H groups in total. The monoisotopic (exact) mass is 292 g/mol. The van der Waals surface area contributed by atoms with Crippen molar-refractivity contribution in [2.24, 2.45) is 0 Å². The highest BCUT2D eigenvalue weighted by atomic mass is 19.1. The van der Waals surface area contributed by atoms with Crippen LogP contribution >= 0.6 is 0 Å². The SMILES string of the molecule is CCC(CC)(C(NC)c1cc(C)ccc1F)N1CCCC1. The molecule has 1 aliphatic heterocycles. The van der Waals surface area contributed by atoms with Gasteiger partial charge in [-0.05, 0) is 58.8 Å². The van der Waals surface area contributed by atoms with Gasteiger partial charge in [0.15, 0.2) is 0 Å². The lowest BCUT2D eigenvalue weighted by Gasteiger charge is -2.47. The van der Waals surface area contributed by atoms with Crippen molar-refractivity contribution in [3.63, 3.8) is 0 Å². The van der Waals surface area contributed by atoms with Gasteiger partial charge >= 0.3 is 0 Å². The minimum Gasteiger partial charge on any atom is -0.311 e. The van der Waals surface area contributed by atoms with E-state index in [-0.39, 0.29) is 17.4 Å². The Morgan fingerprint density at radius 1 is 1.24 bits per heavy atom. The molecule has 118 valence electrons. The number of nitrogens with one attached hydrogen (secondary N) is 1. The fourth-order valence-electron chi connectivity index (χ4n) is 4.05. The molecule has 0 amide bonds. The molecular weight excluding hydrogens is 263 g/mol. The van der Waals surface area contributed by atoms with Gasteiger partial charge in [-0.25, -0.2) is 4.39 Å². The van der Waals surface area contributed by atoms with Crippen LogP contribution < -0.4 is 5.32 Å². The van der Waals surface area contributed by atoms with Crippen molar-refractivity contribution in [2.75, 3.05) is 20.1 Å². The fraction of sp³-hybridized carbons (Fsp3) is 0.667. The maximum atomic E-state index is 14.4. The van der Waals surface area contributed by atoms with Crippen molar-refractivity contribution in [1.29, 1.82) is 0 Å². The van der Waals surface area contributed by atoms with Gasteiger partial charge in [0.2, 0.25) is 0 Å². The molecule has 1 atom stereocenters. The Morgan fingerprint density at radius 2 is 1.86 bits per heavy atom. The zero-order valence-electron chi connectivity index (χ0n) is 13.9. The first kappa shape index (κ1) is 16.4. The second kappa shape index (κ2) is 6.89. The summed E-state index contributed by atoms with van der Waals surface area (Å²) in [5.41, 5.74) is 1.93. The van der Waals surface area contributed by atoms with Crippen LogP contribution in [0.2, 0.25) is 0 Å². The molecule has 0 radical (unpaired) electrons. The molecule has 1 unspecified atom stereocenters. The molecule has 0 saturated carbocycles. The van der Waals surface area contributed by atoms with Crippen LogP contribution in [0, 0.1) is 12.7 Å². The summed E-state index contributed by atoms with van der Waals surface area (Å²) in [6.45, 7) is 8.77. The third kappa shape index (κ3) is 3.00. The van der Waals surface area contributed by atoms with E-state index in [1.54, 1.807) is 6.07 Å². The van der Waals surface area contributed by atoms with Crippen molar-refractivity contribution in [3.8, 4) is 0 Å². The summed E-state index contributed by atoms with van der Waals surface area (Å²) in [6, 6.07) is 5.49. The van der Waals surface area contributed by atoms with E-state index in [2.05, 4.69) is 24.1 Å². The van der Waals surface area contributed by atoms with Gasteiger partial charge in [0.1, 0.15) is 5.82 Å². The molecule has 0 bridgehead atoms. The molecule has 1 heterocycles. The summed E-state index contributed by atoms with van der Waals surface area (Å²) in [5, 5.41) is 3.42. The van der Waals surface area contributed by atoms with Crippen molar-refractivity contribution in [1.82, 2.24) is 10.2 Å². The van der Waals surface area contributed by atoms with Gasteiger partial charge in [-0.3, -0.25) is 4.90 Å². The predicted molar refractivity (Wildman–Crippen MR) is 87.1 cm³/mol. The molecule has 3 heteroatoms. The van der Waals surface area contributed by atoms with Crippen molar-refractivity contribution in [2.45, 2.75) is 58.0 Å². The summed E-state index contributed by atoms with van der Waals surface area (Å²) in [7, 11) is 1.96. The Morgan fingerprint density at radius 3 is 2.38 bits per heavy atom. The minimum atomic E-state index is -0.0922. The number of hydrogen-bond donors (Lipinski definition) is 1. The molecule has 21 heavy (non-hydrogen) atoms. The van der Waals surface area contributed by atoms with Gasteiger partial charge < -0.3 is 5.32 Å². The van der Waals surface area contributed by atoms with Crippen LogP contribution in [0.3, 0.4) is 0 Å². The number of halogens is 1. The van der Waals surface area contributed by atoms with E-state index in [1.807, 2.05) is 26.1 Å². The van der Waals surface area contributed by atoms with E-state index in [0.29, 0.717) is 0 Å². The quantitative estimate of drug-likeness (QED) is 0.851. The van der Waals surface area contributed by atoms with Crippen LogP contribution in [0.25, 0.3) is 0 Å². The number of rotatable bonds is 6. The molecule has 1 saturated heterocycles. The van der Waals surface area contributed by atoms with Crippen LogP contribution in [0.5, 0.6) is 0 Å². The van der Waals surface area contributed by atoms with E-state index in [1.165, 1.54) is 12.8 Å². The van der Waals surface area contributed by atoms with E-state index in [4.69, 9.17) is 0 Å². The maximum Gasteiger partial charge on any atom is 0.128 e. The minimum absolute atomic E-state index is 0.000116. The summed E-state index contributed by atoms with van der Waals surface area (Å²) in [4.78, 5) is 2.58. The lowest BCUT2D eigenvalue weighted by atomic mass is 9.78. The molecule has 2 nitrogen and oxygen atoms in total.